The summed E-state index contributed by atoms with van der Waals surface area (Å²) in [6.45, 7) is 7.75. The second-order valence-corrected chi connectivity index (χ2v) is 4.87. The highest BCUT2D eigenvalue weighted by molar-refractivity contribution is 5.67. The van der Waals surface area contributed by atoms with Crippen molar-refractivity contribution < 1.29 is 4.79 Å². The summed E-state index contributed by atoms with van der Waals surface area (Å²) in [6, 6.07) is 6.83. The van der Waals surface area contributed by atoms with Crippen molar-refractivity contribution in [3.63, 3.8) is 0 Å². The van der Waals surface area contributed by atoms with Gasteiger partial charge < -0.3 is 9.69 Å². The van der Waals surface area contributed by atoms with E-state index in [9.17, 15) is 4.79 Å². The molecule has 1 unspecified atom stereocenters. The quantitative estimate of drug-likeness (QED) is 0.726. The first-order chi connectivity index (χ1) is 7.65. The van der Waals surface area contributed by atoms with Crippen LogP contribution in [0.15, 0.2) is 18.2 Å². The number of benzene rings is 1. The molecule has 0 bridgehead atoms. The largest absolute Gasteiger partial charge is 0.368 e. The van der Waals surface area contributed by atoms with Crippen LogP contribution >= 0.6 is 0 Å². The van der Waals surface area contributed by atoms with Crippen molar-refractivity contribution in [1.82, 2.24) is 0 Å². The summed E-state index contributed by atoms with van der Waals surface area (Å²) in [6.07, 6.45) is 1.54. The number of fused-ring (bicyclic) bond motifs is 1. The maximum Gasteiger partial charge on any atom is 0.124 e. The van der Waals surface area contributed by atoms with E-state index in [1.807, 2.05) is 0 Å². The third-order valence-electron chi connectivity index (χ3n) is 3.37. The SMILES string of the molecule is CC1CN(C(C)C)c2cccc(CC=O)c21. The lowest BCUT2D eigenvalue weighted by molar-refractivity contribution is -0.107. The van der Waals surface area contributed by atoms with E-state index in [0.29, 0.717) is 18.4 Å². The van der Waals surface area contributed by atoms with Crippen LogP contribution in [0, 0.1) is 0 Å². The van der Waals surface area contributed by atoms with Crippen molar-refractivity contribution in [3.8, 4) is 0 Å². The highest BCUT2D eigenvalue weighted by atomic mass is 16.1. The summed E-state index contributed by atoms with van der Waals surface area (Å²) < 4.78 is 0. The average Bonchev–Trinajstić information content (AvgIpc) is 2.58. The van der Waals surface area contributed by atoms with Crippen molar-refractivity contribution in [2.75, 3.05) is 11.4 Å². The van der Waals surface area contributed by atoms with E-state index in [1.54, 1.807) is 0 Å². The minimum atomic E-state index is 0.523. The fourth-order valence-electron chi connectivity index (χ4n) is 2.66. The Labute approximate surface area is 97.3 Å². The van der Waals surface area contributed by atoms with Gasteiger partial charge in [0.2, 0.25) is 0 Å². The summed E-state index contributed by atoms with van der Waals surface area (Å²) >= 11 is 0. The predicted octanol–water partition coefficient (Wildman–Crippen LogP) is 2.76. The molecule has 2 heteroatoms. The summed E-state index contributed by atoms with van der Waals surface area (Å²) in [5.74, 6) is 0.536. The molecular weight excluding hydrogens is 198 g/mol. The minimum Gasteiger partial charge on any atom is -0.368 e. The van der Waals surface area contributed by atoms with Crippen molar-refractivity contribution in [2.24, 2.45) is 0 Å². The van der Waals surface area contributed by atoms with Crippen LogP contribution in [-0.2, 0) is 11.2 Å². The molecule has 1 aromatic rings. The Bertz CT molecular complexity index is 398. The second-order valence-electron chi connectivity index (χ2n) is 4.87. The molecule has 1 aliphatic rings. The van der Waals surface area contributed by atoms with Crippen LogP contribution < -0.4 is 4.90 Å². The number of aldehydes is 1. The van der Waals surface area contributed by atoms with Crippen LogP contribution in [0.3, 0.4) is 0 Å². The van der Waals surface area contributed by atoms with E-state index < -0.39 is 0 Å². The van der Waals surface area contributed by atoms with Crippen LogP contribution in [0.2, 0.25) is 0 Å². The van der Waals surface area contributed by atoms with Gasteiger partial charge in [0.25, 0.3) is 0 Å². The van der Waals surface area contributed by atoms with Gasteiger partial charge in [-0.1, -0.05) is 19.1 Å². The Morgan fingerprint density at radius 3 is 2.88 bits per heavy atom. The first-order valence-electron chi connectivity index (χ1n) is 5.97. The molecular formula is C14H19NO. The molecule has 1 heterocycles. The summed E-state index contributed by atoms with van der Waals surface area (Å²) in [4.78, 5) is 13.1. The lowest BCUT2D eigenvalue weighted by Crippen LogP contribution is -2.28. The topological polar surface area (TPSA) is 20.3 Å². The monoisotopic (exact) mass is 217 g/mol. The van der Waals surface area contributed by atoms with Gasteiger partial charge in [0.05, 0.1) is 0 Å². The molecule has 16 heavy (non-hydrogen) atoms. The summed E-state index contributed by atoms with van der Waals surface area (Å²) in [7, 11) is 0. The maximum absolute atomic E-state index is 10.7. The Morgan fingerprint density at radius 2 is 2.25 bits per heavy atom. The predicted molar refractivity (Wildman–Crippen MR) is 67.1 cm³/mol. The van der Waals surface area contributed by atoms with Gasteiger partial charge in [-0.3, -0.25) is 0 Å². The molecule has 0 aromatic heterocycles. The molecule has 0 amide bonds. The Hall–Kier alpha value is -1.31. The third kappa shape index (κ3) is 1.73. The molecule has 0 N–H and O–H groups in total. The summed E-state index contributed by atoms with van der Waals surface area (Å²) in [5.41, 5.74) is 3.90. The molecule has 0 aliphatic carbocycles. The average molecular weight is 217 g/mol. The van der Waals surface area contributed by atoms with Gasteiger partial charge in [-0.05, 0) is 31.0 Å². The van der Waals surface area contributed by atoms with Crippen LogP contribution in [-0.4, -0.2) is 18.9 Å². The molecule has 0 fully saturated rings. The molecule has 2 nitrogen and oxygen atoms in total. The first kappa shape index (κ1) is 11.2. The van der Waals surface area contributed by atoms with Gasteiger partial charge in [-0.2, -0.15) is 0 Å². The summed E-state index contributed by atoms with van der Waals surface area (Å²) in [5, 5.41) is 0. The molecule has 2 rings (SSSR count). The van der Waals surface area contributed by atoms with Gasteiger partial charge in [-0.25, -0.2) is 0 Å². The fraction of sp³-hybridized carbons (Fsp3) is 0.500. The number of rotatable bonds is 3. The molecule has 0 saturated carbocycles. The van der Waals surface area contributed by atoms with Crippen LogP contribution in [0.4, 0.5) is 5.69 Å². The van der Waals surface area contributed by atoms with Crippen molar-refractivity contribution >= 4 is 12.0 Å². The minimum absolute atomic E-state index is 0.523. The van der Waals surface area contributed by atoms with Crippen molar-refractivity contribution in [2.45, 2.75) is 39.2 Å². The number of hydrogen-bond donors (Lipinski definition) is 0. The van der Waals surface area contributed by atoms with Crippen LogP contribution in [0.5, 0.6) is 0 Å². The van der Waals surface area contributed by atoms with E-state index in [1.165, 1.54) is 16.8 Å². The zero-order valence-electron chi connectivity index (χ0n) is 10.2. The van der Waals surface area contributed by atoms with Gasteiger partial charge in [0.15, 0.2) is 0 Å². The standard InChI is InChI=1S/C14H19NO/c1-10(2)15-9-11(3)14-12(7-8-16)5-4-6-13(14)15/h4-6,8,10-11H,7,9H2,1-3H3. The Balaban J connectivity index is 2.46. The van der Waals surface area contributed by atoms with Crippen molar-refractivity contribution in [1.29, 1.82) is 0 Å². The van der Waals surface area contributed by atoms with Crippen LogP contribution in [0.1, 0.15) is 37.8 Å². The normalized spacial score (nSPS) is 19.0. The lowest BCUT2D eigenvalue weighted by atomic mass is 9.96. The highest BCUT2D eigenvalue weighted by Crippen LogP contribution is 2.39. The third-order valence-corrected chi connectivity index (χ3v) is 3.37. The zero-order chi connectivity index (χ0) is 11.7. The van der Waals surface area contributed by atoms with Gasteiger partial charge in [0, 0.05) is 30.6 Å². The van der Waals surface area contributed by atoms with E-state index in [4.69, 9.17) is 0 Å². The van der Waals surface area contributed by atoms with Gasteiger partial charge in [-0.15, -0.1) is 0 Å². The smallest absolute Gasteiger partial charge is 0.124 e. The highest BCUT2D eigenvalue weighted by Gasteiger charge is 2.28. The molecule has 0 saturated heterocycles. The maximum atomic E-state index is 10.7. The molecule has 86 valence electrons. The second kappa shape index (κ2) is 4.28. The fourth-order valence-corrected chi connectivity index (χ4v) is 2.66. The van der Waals surface area contributed by atoms with Crippen molar-refractivity contribution in [3.05, 3.63) is 29.3 Å². The number of nitrogens with zero attached hydrogens (tertiary/aromatic N) is 1. The van der Waals surface area contributed by atoms with Crippen LogP contribution in [0.25, 0.3) is 0 Å². The van der Waals surface area contributed by atoms with E-state index in [2.05, 4.69) is 43.9 Å². The molecule has 1 atom stereocenters. The van der Waals surface area contributed by atoms with E-state index in [0.717, 1.165) is 12.8 Å². The van der Waals surface area contributed by atoms with Gasteiger partial charge in [0.1, 0.15) is 6.29 Å². The Morgan fingerprint density at radius 1 is 1.50 bits per heavy atom. The first-order valence-corrected chi connectivity index (χ1v) is 5.97. The number of carbonyl (C=O) groups excluding carboxylic acids is 1. The number of anilines is 1. The van der Waals surface area contributed by atoms with E-state index in [-0.39, 0.29) is 0 Å². The lowest BCUT2D eigenvalue weighted by Gasteiger charge is -2.24. The van der Waals surface area contributed by atoms with Gasteiger partial charge >= 0.3 is 0 Å². The molecule has 0 radical (unpaired) electrons. The molecule has 1 aromatic carbocycles. The molecule has 0 spiro atoms. The van der Waals surface area contributed by atoms with E-state index >= 15 is 0 Å². The Kier molecular flexibility index (Phi) is 2.99. The number of hydrogen-bond acceptors (Lipinski definition) is 2. The molecule has 1 aliphatic heterocycles. The zero-order valence-corrected chi connectivity index (χ0v) is 10.2. The number of carbonyl (C=O) groups is 1.